The molecule has 0 aromatic heterocycles. The minimum atomic E-state index is 0. The van der Waals surface area contributed by atoms with Crippen LogP contribution in [0.3, 0.4) is 0 Å². The van der Waals surface area contributed by atoms with Crippen molar-refractivity contribution < 1.29 is 42.9 Å². The first-order valence-electron chi connectivity index (χ1n) is 20.9. The van der Waals surface area contributed by atoms with Gasteiger partial charge in [-0.15, -0.1) is 0 Å². The van der Waals surface area contributed by atoms with Crippen molar-refractivity contribution >= 4 is 46.2 Å². The summed E-state index contributed by atoms with van der Waals surface area (Å²) in [5, 5.41) is 0. The average Bonchev–Trinajstić information content (AvgIpc) is 3.16. The lowest BCUT2D eigenvalue weighted by Gasteiger charge is -2.25. The number of thioether (sulfide) groups is 3. The van der Waals surface area contributed by atoms with Crippen LogP contribution in [0.4, 0.5) is 0 Å². The molecular weight excluding hydrogens is 908 g/mol. The fourth-order valence-electron chi connectivity index (χ4n) is 7.90. The molecule has 4 aromatic rings. The molecule has 0 saturated carbocycles. The zero-order chi connectivity index (χ0) is 40.7. The van der Waals surface area contributed by atoms with Crippen molar-refractivity contribution in [2.45, 2.75) is 102 Å². The van der Waals surface area contributed by atoms with Gasteiger partial charge in [0.2, 0.25) is 0 Å². The third-order valence-electron chi connectivity index (χ3n) is 9.92. The second-order valence-corrected chi connectivity index (χ2v) is 20.4. The van der Waals surface area contributed by atoms with Gasteiger partial charge < -0.3 is 42.9 Å². The lowest BCUT2D eigenvalue weighted by molar-refractivity contribution is -0.0000135. The third kappa shape index (κ3) is 13.4. The predicted octanol–water partition coefficient (Wildman–Crippen LogP) is 9.49. The summed E-state index contributed by atoms with van der Waals surface area (Å²) in [5.41, 5.74) is 15.3. The van der Waals surface area contributed by atoms with Crippen LogP contribution in [0.25, 0.3) is 0 Å². The molecule has 9 heteroatoms. The third-order valence-corrected chi connectivity index (χ3v) is 12.7. The molecule has 8 bridgehead atoms. The van der Waals surface area contributed by atoms with E-state index >= 15 is 0 Å². The molecule has 0 unspecified atom stereocenters. The van der Waals surface area contributed by atoms with E-state index in [1.54, 1.807) is 0 Å². The SMILES string of the molecule is CCCOc1c2cc(CSC)cc1Cc1cc(CSC)cc(c1OCCC)Cc1cc(C[S+](C)C)cc(c1OCCC)Cc1cc(CSC)cc(c1OCCC)C2.[I-]. The van der Waals surface area contributed by atoms with E-state index in [-0.39, 0.29) is 34.9 Å². The number of fused-ring (bicyclic) bond motifs is 8. The van der Waals surface area contributed by atoms with E-state index in [1.165, 1.54) is 66.8 Å². The van der Waals surface area contributed by atoms with Crippen molar-refractivity contribution in [3.8, 4) is 23.0 Å². The molecule has 0 N–H and O–H groups in total. The van der Waals surface area contributed by atoms with Gasteiger partial charge in [-0.05, 0) is 129 Å². The van der Waals surface area contributed by atoms with Crippen molar-refractivity contribution in [3.63, 3.8) is 0 Å². The summed E-state index contributed by atoms with van der Waals surface area (Å²) in [5.74, 6) is 7.95. The molecule has 0 fully saturated rings. The molecule has 1 aliphatic carbocycles. The molecule has 0 aliphatic heterocycles. The Kier molecular flexibility index (Phi) is 21.2. The highest BCUT2D eigenvalue weighted by Crippen LogP contribution is 2.42. The molecular formula is C49H67IO4S4. The molecule has 4 nitrogen and oxygen atoms in total. The Morgan fingerprint density at radius 3 is 0.828 bits per heavy atom. The van der Waals surface area contributed by atoms with Crippen LogP contribution < -0.4 is 42.9 Å². The van der Waals surface area contributed by atoms with Crippen molar-refractivity contribution in [2.24, 2.45) is 0 Å². The molecule has 58 heavy (non-hydrogen) atoms. The second-order valence-electron chi connectivity index (χ2n) is 15.5. The highest BCUT2D eigenvalue weighted by atomic mass is 127. The van der Waals surface area contributed by atoms with Gasteiger partial charge >= 0.3 is 0 Å². The van der Waals surface area contributed by atoms with Crippen molar-refractivity contribution in [3.05, 3.63) is 115 Å². The van der Waals surface area contributed by atoms with Gasteiger partial charge in [-0.3, -0.25) is 0 Å². The Labute approximate surface area is 384 Å². The summed E-state index contributed by atoms with van der Waals surface area (Å²) in [4.78, 5) is 0. The summed E-state index contributed by atoms with van der Waals surface area (Å²) in [6.45, 7) is 11.5. The minimum Gasteiger partial charge on any atom is -1.00 e. The van der Waals surface area contributed by atoms with E-state index in [9.17, 15) is 0 Å². The molecule has 318 valence electrons. The summed E-state index contributed by atoms with van der Waals surface area (Å²) in [6, 6.07) is 19.3. The average molecular weight is 975 g/mol. The highest BCUT2D eigenvalue weighted by Gasteiger charge is 2.25. The van der Waals surface area contributed by atoms with Gasteiger partial charge in [-0.2, -0.15) is 35.3 Å². The lowest BCUT2D eigenvalue weighted by Crippen LogP contribution is -3.00. The maximum Gasteiger partial charge on any atom is 0.132 e. The van der Waals surface area contributed by atoms with Crippen LogP contribution in [-0.2, 0) is 59.6 Å². The quantitative estimate of drug-likeness (QED) is 0.0569. The predicted molar refractivity (Wildman–Crippen MR) is 255 cm³/mol. The number of halogens is 1. The molecule has 4 aromatic carbocycles. The summed E-state index contributed by atoms with van der Waals surface area (Å²) in [6.07, 6.45) is 18.0. The van der Waals surface area contributed by atoms with Crippen LogP contribution in [0, 0.1) is 0 Å². The minimum absolute atomic E-state index is 0. The van der Waals surface area contributed by atoms with E-state index < -0.39 is 0 Å². The van der Waals surface area contributed by atoms with Gasteiger partial charge in [0.15, 0.2) is 0 Å². The summed E-state index contributed by atoms with van der Waals surface area (Å²) < 4.78 is 27.5. The van der Waals surface area contributed by atoms with E-state index in [1.807, 2.05) is 35.3 Å². The highest BCUT2D eigenvalue weighted by molar-refractivity contribution is 7.98. The molecule has 0 radical (unpaired) electrons. The number of hydrogen-bond donors (Lipinski definition) is 0. The Balaban J connectivity index is 0.00000744. The van der Waals surface area contributed by atoms with Gasteiger partial charge in [0, 0.05) is 48.5 Å². The summed E-state index contributed by atoms with van der Waals surface area (Å²) >= 11 is 5.62. The summed E-state index contributed by atoms with van der Waals surface area (Å²) in [7, 11) is 0.239. The number of rotatable bonds is 20. The standard InChI is InChI=1S/C49H67O4S4.HI/c1-10-14-50-46-38-18-34(30-54-5)19-39(46)27-41-21-36(32-56-7)23-43(48(41)52-16-12-3)29-45-25-37(33-57(8)9)24-44(49(45)53-17-13-4)28-42-22-35(31-55-6)20-40(26-38)47(42)51-15-11-2;/h18-25H,10-17,26-33H2,1-9H3;1H/q+1;/p-1. The topological polar surface area (TPSA) is 36.9 Å². The molecule has 5 rings (SSSR count). The fourth-order valence-corrected chi connectivity index (χ4v) is 10.2. The van der Waals surface area contributed by atoms with Crippen LogP contribution in [0.1, 0.15) is 120 Å². The largest absolute Gasteiger partial charge is 1.00 e. The first-order valence-corrected chi connectivity index (χ1v) is 27.2. The molecule has 0 amide bonds. The van der Waals surface area contributed by atoms with E-state index in [4.69, 9.17) is 18.9 Å². The molecule has 1 aliphatic rings. The van der Waals surface area contributed by atoms with E-state index in [2.05, 4.69) is 108 Å². The maximum absolute atomic E-state index is 6.88. The molecule has 0 atom stereocenters. The van der Waals surface area contributed by atoms with Gasteiger partial charge in [0.25, 0.3) is 0 Å². The van der Waals surface area contributed by atoms with Crippen LogP contribution in [0.15, 0.2) is 48.5 Å². The monoisotopic (exact) mass is 974 g/mol. The van der Waals surface area contributed by atoms with Crippen molar-refractivity contribution in [2.75, 3.05) is 57.7 Å². The fraction of sp³-hybridized carbons (Fsp3) is 0.510. The van der Waals surface area contributed by atoms with Crippen LogP contribution in [0.2, 0.25) is 0 Å². The van der Waals surface area contributed by atoms with Crippen LogP contribution in [-0.4, -0.2) is 57.7 Å². The Morgan fingerprint density at radius 1 is 0.414 bits per heavy atom. The molecule has 0 saturated heterocycles. The van der Waals surface area contributed by atoms with Gasteiger partial charge in [-0.25, -0.2) is 0 Å². The zero-order valence-electron chi connectivity index (χ0n) is 36.6. The van der Waals surface area contributed by atoms with Gasteiger partial charge in [-0.1, -0.05) is 64.1 Å². The van der Waals surface area contributed by atoms with E-state index in [0.29, 0.717) is 26.4 Å². The van der Waals surface area contributed by atoms with Crippen molar-refractivity contribution in [1.29, 1.82) is 0 Å². The second kappa shape index (κ2) is 25.2. The first kappa shape index (κ1) is 48.9. The van der Waals surface area contributed by atoms with Gasteiger partial charge in [0.1, 0.15) is 28.8 Å². The first-order chi connectivity index (χ1) is 27.7. The number of benzene rings is 4. The molecule has 0 spiro atoms. The maximum atomic E-state index is 6.88. The van der Waals surface area contributed by atoms with Crippen LogP contribution >= 0.6 is 35.3 Å². The smallest absolute Gasteiger partial charge is 0.132 e. The normalized spacial score (nSPS) is 12.3. The number of hydrogen-bond acceptors (Lipinski definition) is 7. The lowest BCUT2D eigenvalue weighted by atomic mass is 9.88. The Morgan fingerprint density at radius 2 is 0.638 bits per heavy atom. The van der Waals surface area contributed by atoms with Crippen LogP contribution in [0.5, 0.6) is 23.0 Å². The molecule has 0 heterocycles. The van der Waals surface area contributed by atoms with Crippen molar-refractivity contribution in [1.82, 2.24) is 0 Å². The zero-order valence-corrected chi connectivity index (χ0v) is 42.0. The Hall–Kier alpha value is -1.79. The number of ether oxygens (including phenoxy) is 4. The van der Waals surface area contributed by atoms with Gasteiger partial charge in [0.05, 0.1) is 38.9 Å². The Bertz CT molecular complexity index is 1800. The van der Waals surface area contributed by atoms with E-state index in [0.717, 1.165) is 97.4 Å².